The fourth-order valence-electron chi connectivity index (χ4n) is 2.32. The molecule has 20 heavy (non-hydrogen) atoms. The van der Waals surface area contributed by atoms with E-state index < -0.39 is 10.0 Å². The zero-order valence-electron chi connectivity index (χ0n) is 11.6. The van der Waals surface area contributed by atoms with E-state index in [4.69, 9.17) is 16.3 Å². The first-order valence-corrected chi connectivity index (χ1v) is 8.56. The summed E-state index contributed by atoms with van der Waals surface area (Å²) in [5, 5.41) is 0.637. The average Bonchev–Trinajstić information content (AvgIpc) is 2.86. The normalized spacial score (nSPS) is 19.4. The fourth-order valence-corrected chi connectivity index (χ4v) is 3.36. The van der Waals surface area contributed by atoms with Crippen LogP contribution < -0.4 is 14.4 Å². The van der Waals surface area contributed by atoms with Crippen molar-refractivity contribution in [1.29, 1.82) is 0 Å². The van der Waals surface area contributed by atoms with Crippen LogP contribution in [-0.2, 0) is 10.0 Å². The smallest absolute Gasteiger partial charge is 0.211 e. The third-order valence-electron chi connectivity index (χ3n) is 3.40. The van der Waals surface area contributed by atoms with Crippen LogP contribution in [0.25, 0.3) is 0 Å². The summed E-state index contributed by atoms with van der Waals surface area (Å²) in [4.78, 5) is 2.09. The van der Waals surface area contributed by atoms with Crippen molar-refractivity contribution in [3.63, 3.8) is 0 Å². The summed E-state index contributed by atoms with van der Waals surface area (Å²) in [7, 11) is -1.56. The van der Waals surface area contributed by atoms with Gasteiger partial charge in [0.05, 0.1) is 18.6 Å². The van der Waals surface area contributed by atoms with Crippen molar-refractivity contribution in [2.45, 2.75) is 19.4 Å². The maximum absolute atomic E-state index is 11.6. The van der Waals surface area contributed by atoms with E-state index in [0.29, 0.717) is 11.6 Å². The Morgan fingerprint density at radius 1 is 1.50 bits per heavy atom. The van der Waals surface area contributed by atoms with Crippen molar-refractivity contribution in [3.8, 4) is 5.75 Å². The minimum atomic E-state index is -3.17. The molecule has 1 aliphatic rings. The topological polar surface area (TPSA) is 58.6 Å². The van der Waals surface area contributed by atoms with Crippen molar-refractivity contribution in [2.75, 3.05) is 30.9 Å². The lowest BCUT2D eigenvalue weighted by molar-refractivity contribution is 0.415. The Hall–Kier alpha value is -0.980. The van der Waals surface area contributed by atoms with Crippen molar-refractivity contribution in [2.24, 2.45) is 0 Å². The van der Waals surface area contributed by atoms with E-state index in [9.17, 15) is 8.42 Å². The molecule has 1 unspecified atom stereocenters. The number of benzene rings is 1. The van der Waals surface area contributed by atoms with E-state index in [1.807, 2.05) is 12.1 Å². The molecule has 0 bridgehead atoms. The summed E-state index contributed by atoms with van der Waals surface area (Å²) in [5.74, 6) is 0.845. The first-order valence-electron chi connectivity index (χ1n) is 6.53. The molecule has 1 saturated heterocycles. The molecule has 0 aromatic heterocycles. The molecule has 112 valence electrons. The number of hydrogen-bond acceptors (Lipinski definition) is 4. The number of methoxy groups -OCH3 is 1. The summed E-state index contributed by atoms with van der Waals surface area (Å²) in [6.07, 6.45) is 0.773. The highest BCUT2D eigenvalue weighted by molar-refractivity contribution is 7.89. The summed E-state index contributed by atoms with van der Waals surface area (Å²) in [5.41, 5.74) is 0.901. The second kappa shape index (κ2) is 6.20. The highest BCUT2D eigenvalue weighted by Crippen LogP contribution is 2.33. The highest BCUT2D eigenvalue weighted by atomic mass is 35.5. The summed E-state index contributed by atoms with van der Waals surface area (Å²) < 4.78 is 31.2. The van der Waals surface area contributed by atoms with Gasteiger partial charge in [-0.15, -0.1) is 0 Å². The van der Waals surface area contributed by atoms with Gasteiger partial charge in [-0.05, 0) is 31.5 Å². The van der Waals surface area contributed by atoms with Crippen molar-refractivity contribution in [3.05, 3.63) is 23.2 Å². The third-order valence-corrected chi connectivity index (χ3v) is 5.08. The first kappa shape index (κ1) is 15.4. The van der Waals surface area contributed by atoms with Gasteiger partial charge < -0.3 is 9.64 Å². The second-order valence-corrected chi connectivity index (χ2v) is 7.25. The number of nitrogens with one attached hydrogen (secondary N) is 1. The molecule has 0 saturated carbocycles. The van der Waals surface area contributed by atoms with E-state index in [2.05, 4.69) is 9.62 Å². The van der Waals surface area contributed by atoms with Gasteiger partial charge in [0, 0.05) is 24.2 Å². The average molecular weight is 319 g/mol. The molecule has 0 radical (unpaired) electrons. The Bertz CT molecular complexity index is 577. The third kappa shape index (κ3) is 3.56. The minimum Gasteiger partial charge on any atom is -0.495 e. The van der Waals surface area contributed by atoms with Crippen LogP contribution in [0.3, 0.4) is 0 Å². The van der Waals surface area contributed by atoms with Crippen molar-refractivity contribution >= 4 is 27.3 Å². The zero-order valence-corrected chi connectivity index (χ0v) is 13.2. The Labute approximate surface area is 124 Å². The van der Waals surface area contributed by atoms with Crippen LogP contribution in [0.5, 0.6) is 5.75 Å². The molecule has 1 fully saturated rings. The number of rotatable bonds is 5. The van der Waals surface area contributed by atoms with Gasteiger partial charge in [0.1, 0.15) is 5.75 Å². The Morgan fingerprint density at radius 3 is 2.90 bits per heavy atom. The Balaban J connectivity index is 2.11. The van der Waals surface area contributed by atoms with Gasteiger partial charge in [-0.25, -0.2) is 13.1 Å². The van der Waals surface area contributed by atoms with Gasteiger partial charge in [0.15, 0.2) is 0 Å². The molecule has 2 rings (SSSR count). The lowest BCUT2D eigenvalue weighted by Crippen LogP contribution is -2.37. The first-order chi connectivity index (χ1) is 9.45. The number of sulfonamides is 1. The van der Waals surface area contributed by atoms with Gasteiger partial charge >= 0.3 is 0 Å². The molecule has 1 aromatic rings. The van der Waals surface area contributed by atoms with Crippen LogP contribution in [0, 0.1) is 0 Å². The summed E-state index contributed by atoms with van der Waals surface area (Å²) in [6, 6.07) is 5.37. The largest absolute Gasteiger partial charge is 0.495 e. The second-order valence-electron chi connectivity index (χ2n) is 4.77. The van der Waals surface area contributed by atoms with Crippen LogP contribution in [0.1, 0.15) is 13.3 Å². The lowest BCUT2D eigenvalue weighted by atomic mass is 10.2. The van der Waals surface area contributed by atoms with E-state index in [1.54, 1.807) is 20.1 Å². The molecular formula is C13H19ClN2O3S. The molecule has 1 aliphatic heterocycles. The predicted molar refractivity (Wildman–Crippen MR) is 81.2 cm³/mol. The zero-order chi connectivity index (χ0) is 14.8. The van der Waals surface area contributed by atoms with Crippen LogP contribution in [0.4, 0.5) is 5.69 Å². The molecule has 1 aromatic carbocycles. The molecular weight excluding hydrogens is 300 g/mol. The summed E-state index contributed by atoms with van der Waals surface area (Å²) >= 11 is 6.02. The number of anilines is 1. The molecule has 0 spiro atoms. The van der Waals surface area contributed by atoms with E-state index in [1.165, 1.54) is 0 Å². The number of nitrogens with zero attached hydrogens (tertiary/aromatic N) is 1. The SMILES string of the molecule is CCS(=O)(=O)NC1CCN(c2cc(Cl)ccc2OC)C1. The van der Waals surface area contributed by atoms with Gasteiger partial charge in [0.25, 0.3) is 0 Å². The van der Waals surface area contributed by atoms with Crippen LogP contribution in [0.15, 0.2) is 18.2 Å². The molecule has 1 heterocycles. The minimum absolute atomic E-state index is 0.0661. The summed E-state index contributed by atoms with van der Waals surface area (Å²) in [6.45, 7) is 3.03. The van der Waals surface area contributed by atoms with Crippen LogP contribution in [0.2, 0.25) is 5.02 Å². The highest BCUT2D eigenvalue weighted by Gasteiger charge is 2.27. The van der Waals surface area contributed by atoms with Gasteiger partial charge in [-0.2, -0.15) is 0 Å². The molecule has 5 nitrogen and oxygen atoms in total. The van der Waals surface area contributed by atoms with Crippen LogP contribution >= 0.6 is 11.6 Å². The number of halogens is 1. The standard InChI is InChI=1S/C13H19ClN2O3S/c1-3-20(17,18)15-11-6-7-16(9-11)12-8-10(14)4-5-13(12)19-2/h4-5,8,11,15H,3,6-7,9H2,1-2H3. The maximum atomic E-state index is 11.6. The van der Waals surface area contributed by atoms with Gasteiger partial charge in [-0.3, -0.25) is 0 Å². The number of hydrogen-bond donors (Lipinski definition) is 1. The molecule has 0 aliphatic carbocycles. The molecule has 1 atom stereocenters. The van der Waals surface area contributed by atoms with Crippen LogP contribution in [-0.4, -0.2) is 40.4 Å². The van der Waals surface area contributed by atoms with Crippen molar-refractivity contribution < 1.29 is 13.2 Å². The monoisotopic (exact) mass is 318 g/mol. The van der Waals surface area contributed by atoms with Gasteiger partial charge in [-0.1, -0.05) is 11.6 Å². The number of ether oxygens (including phenoxy) is 1. The Morgan fingerprint density at radius 2 is 2.25 bits per heavy atom. The fraction of sp³-hybridized carbons (Fsp3) is 0.538. The molecule has 0 amide bonds. The molecule has 1 N–H and O–H groups in total. The maximum Gasteiger partial charge on any atom is 0.211 e. The van der Waals surface area contributed by atoms with E-state index >= 15 is 0 Å². The van der Waals surface area contributed by atoms with E-state index in [-0.39, 0.29) is 11.8 Å². The Kier molecular flexibility index (Phi) is 4.78. The van der Waals surface area contributed by atoms with E-state index in [0.717, 1.165) is 24.4 Å². The molecule has 7 heteroatoms. The van der Waals surface area contributed by atoms with Gasteiger partial charge in [0.2, 0.25) is 10.0 Å². The quantitative estimate of drug-likeness (QED) is 0.900. The lowest BCUT2D eigenvalue weighted by Gasteiger charge is -2.21. The van der Waals surface area contributed by atoms with Crippen molar-refractivity contribution in [1.82, 2.24) is 4.72 Å². The predicted octanol–water partition coefficient (Wildman–Crippen LogP) is 1.87.